The van der Waals surface area contributed by atoms with Crippen molar-refractivity contribution in [3.8, 4) is 0 Å². The second-order valence-corrected chi connectivity index (χ2v) is 6.70. The van der Waals surface area contributed by atoms with Gasteiger partial charge in [-0.1, -0.05) is 12.1 Å². The highest BCUT2D eigenvalue weighted by molar-refractivity contribution is 5.94. The Morgan fingerprint density at radius 1 is 1.11 bits per heavy atom. The molecule has 3 amide bonds. The van der Waals surface area contributed by atoms with Crippen molar-refractivity contribution in [1.82, 2.24) is 4.90 Å². The van der Waals surface area contributed by atoms with Gasteiger partial charge >= 0.3 is 6.03 Å². The number of urea groups is 1. The molecule has 27 heavy (non-hydrogen) atoms. The predicted octanol–water partition coefficient (Wildman–Crippen LogP) is 4.16. The van der Waals surface area contributed by atoms with Crippen molar-refractivity contribution in [2.75, 3.05) is 23.7 Å². The third kappa shape index (κ3) is 4.81. The van der Waals surface area contributed by atoms with Gasteiger partial charge < -0.3 is 15.5 Å². The van der Waals surface area contributed by atoms with E-state index < -0.39 is 17.6 Å². The third-order valence-corrected chi connectivity index (χ3v) is 4.54. The molecule has 7 heteroatoms. The second kappa shape index (κ2) is 8.16. The molecule has 1 aliphatic rings. The molecule has 0 bridgehead atoms. The van der Waals surface area contributed by atoms with Crippen molar-refractivity contribution >= 4 is 23.3 Å². The van der Waals surface area contributed by atoms with Gasteiger partial charge in [-0.25, -0.2) is 13.6 Å². The number of hydrogen-bond donors (Lipinski definition) is 2. The fraction of sp³-hybridized carbons (Fsp3) is 0.300. The van der Waals surface area contributed by atoms with E-state index in [0.717, 1.165) is 17.7 Å². The smallest absolute Gasteiger partial charge is 0.321 e. The largest absolute Gasteiger partial charge is 0.324 e. The molecule has 0 spiro atoms. The number of amides is 3. The number of halogens is 2. The Morgan fingerprint density at radius 2 is 1.93 bits per heavy atom. The van der Waals surface area contributed by atoms with E-state index in [1.165, 1.54) is 6.07 Å². The molecule has 5 nitrogen and oxygen atoms in total. The summed E-state index contributed by atoms with van der Waals surface area (Å²) in [6.07, 6.45) is 1.27. The molecular formula is C20H21F2N3O2. The van der Waals surface area contributed by atoms with Crippen LogP contribution in [0.15, 0.2) is 42.5 Å². The number of rotatable bonds is 3. The Hall–Kier alpha value is -2.96. The molecule has 2 aromatic rings. The molecule has 1 saturated heterocycles. The molecule has 1 atom stereocenters. The van der Waals surface area contributed by atoms with Crippen LogP contribution in [0.2, 0.25) is 0 Å². The maximum absolute atomic E-state index is 13.7. The first-order valence-corrected chi connectivity index (χ1v) is 8.81. The van der Waals surface area contributed by atoms with Crippen LogP contribution in [0.3, 0.4) is 0 Å². The maximum Gasteiger partial charge on any atom is 0.321 e. The van der Waals surface area contributed by atoms with E-state index in [-0.39, 0.29) is 24.2 Å². The summed E-state index contributed by atoms with van der Waals surface area (Å²) in [5.74, 6) is -2.37. The fourth-order valence-corrected chi connectivity index (χ4v) is 3.13. The molecule has 142 valence electrons. The summed E-state index contributed by atoms with van der Waals surface area (Å²) in [6.45, 7) is 2.73. The lowest BCUT2D eigenvalue weighted by Gasteiger charge is -2.32. The number of anilines is 2. The SMILES string of the molecule is Cc1cccc(NC(=O)N2CCCC(C(=O)Nc3ccc(F)cc3F)C2)c1. The van der Waals surface area contributed by atoms with Gasteiger partial charge in [-0.15, -0.1) is 0 Å². The number of nitrogens with zero attached hydrogens (tertiary/aromatic N) is 1. The van der Waals surface area contributed by atoms with E-state index in [1.807, 2.05) is 25.1 Å². The zero-order chi connectivity index (χ0) is 19.4. The minimum Gasteiger partial charge on any atom is -0.324 e. The van der Waals surface area contributed by atoms with E-state index in [4.69, 9.17) is 0 Å². The lowest BCUT2D eigenvalue weighted by molar-refractivity contribution is -0.121. The Labute approximate surface area is 156 Å². The van der Waals surface area contributed by atoms with E-state index >= 15 is 0 Å². The van der Waals surface area contributed by atoms with Gasteiger partial charge in [0, 0.05) is 24.8 Å². The average molecular weight is 373 g/mol. The van der Waals surface area contributed by atoms with Crippen LogP contribution in [-0.4, -0.2) is 29.9 Å². The van der Waals surface area contributed by atoms with Gasteiger partial charge in [-0.3, -0.25) is 4.79 Å². The number of carbonyl (C=O) groups is 2. The summed E-state index contributed by atoms with van der Waals surface area (Å²) >= 11 is 0. The van der Waals surface area contributed by atoms with Gasteiger partial charge in [-0.05, 0) is 49.6 Å². The highest BCUT2D eigenvalue weighted by atomic mass is 19.1. The van der Waals surface area contributed by atoms with Gasteiger partial charge in [0.15, 0.2) is 0 Å². The molecular weight excluding hydrogens is 352 g/mol. The molecule has 1 heterocycles. The first kappa shape index (κ1) is 18.8. The average Bonchev–Trinajstić information content (AvgIpc) is 2.64. The molecule has 1 aliphatic heterocycles. The van der Waals surface area contributed by atoms with Crippen molar-refractivity contribution in [3.63, 3.8) is 0 Å². The predicted molar refractivity (Wildman–Crippen MR) is 99.5 cm³/mol. The summed E-state index contributed by atoms with van der Waals surface area (Å²) in [5.41, 5.74) is 1.66. The number of aryl methyl sites for hydroxylation is 1. The lowest BCUT2D eigenvalue weighted by atomic mass is 9.97. The van der Waals surface area contributed by atoms with Crippen LogP contribution in [0, 0.1) is 24.5 Å². The number of benzene rings is 2. The van der Waals surface area contributed by atoms with E-state index in [2.05, 4.69) is 10.6 Å². The first-order valence-electron chi connectivity index (χ1n) is 8.81. The number of hydrogen-bond acceptors (Lipinski definition) is 2. The number of nitrogens with one attached hydrogen (secondary N) is 2. The molecule has 0 aromatic heterocycles. The molecule has 1 unspecified atom stereocenters. The minimum atomic E-state index is -0.826. The van der Waals surface area contributed by atoms with Gasteiger partial charge in [0.2, 0.25) is 5.91 Å². The molecule has 2 aromatic carbocycles. The molecule has 2 N–H and O–H groups in total. The van der Waals surface area contributed by atoms with E-state index in [1.54, 1.807) is 11.0 Å². The third-order valence-electron chi connectivity index (χ3n) is 4.54. The van der Waals surface area contributed by atoms with E-state index in [9.17, 15) is 18.4 Å². The van der Waals surface area contributed by atoms with Crippen LogP contribution in [-0.2, 0) is 4.79 Å². The number of carbonyl (C=O) groups excluding carboxylic acids is 2. The van der Waals surface area contributed by atoms with Gasteiger partial charge in [0.1, 0.15) is 11.6 Å². The van der Waals surface area contributed by atoms with Gasteiger partial charge in [0.25, 0.3) is 0 Å². The normalized spacial score (nSPS) is 16.7. The van der Waals surface area contributed by atoms with Gasteiger partial charge in [0.05, 0.1) is 11.6 Å². The number of piperidine rings is 1. The highest BCUT2D eigenvalue weighted by Gasteiger charge is 2.29. The standard InChI is InChI=1S/C20H21F2N3O2/c1-13-4-2-6-16(10-13)23-20(27)25-9-3-5-14(12-25)19(26)24-18-8-7-15(21)11-17(18)22/h2,4,6-8,10-11,14H,3,5,9,12H2,1H3,(H,23,27)(H,24,26). The summed E-state index contributed by atoms with van der Waals surface area (Å²) in [4.78, 5) is 26.5. The van der Waals surface area contributed by atoms with Crippen LogP contribution >= 0.6 is 0 Å². The van der Waals surface area contributed by atoms with Crippen molar-refractivity contribution in [2.24, 2.45) is 5.92 Å². The zero-order valence-electron chi connectivity index (χ0n) is 15.0. The first-order chi connectivity index (χ1) is 12.9. The monoisotopic (exact) mass is 373 g/mol. The van der Waals surface area contributed by atoms with Crippen LogP contribution in [0.1, 0.15) is 18.4 Å². The molecule has 0 radical (unpaired) electrons. The zero-order valence-corrected chi connectivity index (χ0v) is 15.0. The van der Waals surface area contributed by atoms with E-state index in [0.29, 0.717) is 25.1 Å². The quantitative estimate of drug-likeness (QED) is 0.849. The summed E-state index contributed by atoms with van der Waals surface area (Å²) in [5, 5.41) is 5.32. The number of likely N-dealkylation sites (tertiary alicyclic amines) is 1. The fourth-order valence-electron chi connectivity index (χ4n) is 3.13. The van der Waals surface area contributed by atoms with Crippen LogP contribution in [0.25, 0.3) is 0 Å². The molecule has 0 saturated carbocycles. The van der Waals surface area contributed by atoms with Gasteiger partial charge in [-0.2, -0.15) is 0 Å². The molecule has 3 rings (SSSR count). The van der Waals surface area contributed by atoms with Crippen molar-refractivity contribution in [2.45, 2.75) is 19.8 Å². The summed E-state index contributed by atoms with van der Waals surface area (Å²) in [6, 6.07) is 10.2. The second-order valence-electron chi connectivity index (χ2n) is 6.70. The van der Waals surface area contributed by atoms with Crippen LogP contribution in [0.5, 0.6) is 0 Å². The Balaban J connectivity index is 1.61. The molecule has 0 aliphatic carbocycles. The Kier molecular flexibility index (Phi) is 5.69. The maximum atomic E-state index is 13.7. The van der Waals surface area contributed by atoms with Crippen molar-refractivity contribution in [1.29, 1.82) is 0 Å². The lowest BCUT2D eigenvalue weighted by Crippen LogP contribution is -2.45. The van der Waals surface area contributed by atoms with Crippen LogP contribution in [0.4, 0.5) is 25.0 Å². The molecule has 1 fully saturated rings. The van der Waals surface area contributed by atoms with Crippen LogP contribution < -0.4 is 10.6 Å². The van der Waals surface area contributed by atoms with Crippen molar-refractivity contribution in [3.05, 3.63) is 59.7 Å². The highest BCUT2D eigenvalue weighted by Crippen LogP contribution is 2.21. The Bertz CT molecular complexity index is 857. The summed E-state index contributed by atoms with van der Waals surface area (Å²) in [7, 11) is 0. The minimum absolute atomic E-state index is 0.0669. The van der Waals surface area contributed by atoms with Crippen molar-refractivity contribution < 1.29 is 18.4 Å². The Morgan fingerprint density at radius 3 is 2.67 bits per heavy atom. The summed E-state index contributed by atoms with van der Waals surface area (Å²) < 4.78 is 26.7. The topological polar surface area (TPSA) is 61.4 Å².